The highest BCUT2D eigenvalue weighted by atomic mass is 16.5. The summed E-state index contributed by atoms with van der Waals surface area (Å²) >= 11 is 0. The van der Waals surface area contributed by atoms with Crippen LogP contribution in [0.3, 0.4) is 0 Å². The highest BCUT2D eigenvalue weighted by molar-refractivity contribution is 5.78. The van der Waals surface area contributed by atoms with Crippen LogP contribution in [0.1, 0.15) is 0 Å². The second-order valence-electron chi connectivity index (χ2n) is 5.98. The average Bonchev–Trinajstić information content (AvgIpc) is 2.53. The zero-order valence-corrected chi connectivity index (χ0v) is 13.3. The molecule has 22 heavy (non-hydrogen) atoms. The van der Waals surface area contributed by atoms with Gasteiger partial charge in [0.05, 0.1) is 24.3 Å². The third-order valence-corrected chi connectivity index (χ3v) is 4.42. The first kappa shape index (κ1) is 15.0. The highest BCUT2D eigenvalue weighted by Gasteiger charge is 2.23. The quantitative estimate of drug-likeness (QED) is 0.833. The fourth-order valence-electron chi connectivity index (χ4n) is 2.92. The van der Waals surface area contributed by atoms with E-state index in [-0.39, 0.29) is 5.56 Å². The first-order valence-corrected chi connectivity index (χ1v) is 7.50. The van der Waals surface area contributed by atoms with Gasteiger partial charge in [-0.3, -0.25) is 14.3 Å². The number of piperazine rings is 1. The topological polar surface area (TPSA) is 50.6 Å². The van der Waals surface area contributed by atoms with E-state index in [1.54, 1.807) is 24.1 Å². The Hall–Kier alpha value is -1.92. The molecule has 1 atom stereocenters. The third kappa shape index (κ3) is 2.84. The molecule has 6 heteroatoms. The van der Waals surface area contributed by atoms with E-state index in [4.69, 9.17) is 4.74 Å². The zero-order chi connectivity index (χ0) is 15.7. The molecule has 1 fully saturated rings. The summed E-state index contributed by atoms with van der Waals surface area (Å²) in [6.45, 7) is 3.69. The lowest BCUT2D eigenvalue weighted by Gasteiger charge is -2.37. The van der Waals surface area contributed by atoms with Crippen molar-refractivity contribution in [2.45, 2.75) is 12.6 Å². The number of fused-ring (bicyclic) bond motifs is 1. The second kappa shape index (κ2) is 6.06. The molecule has 1 aromatic heterocycles. The number of hydrogen-bond acceptors (Lipinski definition) is 5. The lowest BCUT2D eigenvalue weighted by molar-refractivity contribution is 0.102. The lowest BCUT2D eigenvalue weighted by Crippen LogP contribution is -2.52. The molecule has 0 aliphatic carbocycles. The van der Waals surface area contributed by atoms with Gasteiger partial charge in [0, 0.05) is 32.2 Å². The van der Waals surface area contributed by atoms with Crippen molar-refractivity contribution < 1.29 is 4.74 Å². The number of methoxy groups -OCH3 is 1. The average molecular weight is 302 g/mol. The molecule has 0 spiro atoms. The molecule has 0 unspecified atom stereocenters. The summed E-state index contributed by atoms with van der Waals surface area (Å²) in [7, 11) is 5.83. The SMILES string of the molecule is COc1ccc2ncn(C[C@H]3CN(C)CCN3C)c(=O)c2c1. The van der Waals surface area contributed by atoms with Crippen LogP contribution in [0.15, 0.2) is 29.3 Å². The van der Waals surface area contributed by atoms with Gasteiger partial charge in [-0.05, 0) is 32.3 Å². The molecule has 2 heterocycles. The van der Waals surface area contributed by atoms with E-state index in [2.05, 4.69) is 28.9 Å². The van der Waals surface area contributed by atoms with E-state index in [1.807, 2.05) is 12.1 Å². The van der Waals surface area contributed by atoms with Crippen LogP contribution in [0.4, 0.5) is 0 Å². The van der Waals surface area contributed by atoms with Crippen molar-refractivity contribution in [1.82, 2.24) is 19.4 Å². The third-order valence-electron chi connectivity index (χ3n) is 4.42. The Bertz CT molecular complexity index is 728. The van der Waals surface area contributed by atoms with Crippen molar-refractivity contribution in [2.24, 2.45) is 0 Å². The van der Waals surface area contributed by atoms with E-state index in [1.165, 1.54) is 0 Å². The van der Waals surface area contributed by atoms with Gasteiger partial charge in [0.1, 0.15) is 5.75 Å². The van der Waals surface area contributed by atoms with Crippen molar-refractivity contribution in [3.05, 3.63) is 34.9 Å². The predicted octanol–water partition coefficient (Wildman–Crippen LogP) is 0.651. The number of nitrogens with zero attached hydrogens (tertiary/aromatic N) is 4. The smallest absolute Gasteiger partial charge is 0.261 e. The Morgan fingerprint density at radius 2 is 2.14 bits per heavy atom. The maximum atomic E-state index is 12.7. The minimum atomic E-state index is -0.00877. The van der Waals surface area contributed by atoms with Crippen LogP contribution in [-0.4, -0.2) is 66.2 Å². The van der Waals surface area contributed by atoms with Gasteiger partial charge in [0.25, 0.3) is 5.56 Å². The first-order valence-electron chi connectivity index (χ1n) is 7.50. The van der Waals surface area contributed by atoms with E-state index >= 15 is 0 Å². The van der Waals surface area contributed by atoms with E-state index in [0.717, 1.165) is 19.6 Å². The van der Waals surface area contributed by atoms with Gasteiger partial charge < -0.3 is 9.64 Å². The van der Waals surface area contributed by atoms with Crippen LogP contribution in [-0.2, 0) is 6.54 Å². The molecule has 1 saturated heterocycles. The van der Waals surface area contributed by atoms with Crippen molar-refractivity contribution >= 4 is 10.9 Å². The number of hydrogen-bond donors (Lipinski definition) is 0. The van der Waals surface area contributed by atoms with Gasteiger partial charge in [-0.25, -0.2) is 4.98 Å². The first-order chi connectivity index (χ1) is 10.6. The van der Waals surface area contributed by atoms with E-state index < -0.39 is 0 Å². The fraction of sp³-hybridized carbons (Fsp3) is 0.500. The van der Waals surface area contributed by atoms with Crippen LogP contribution < -0.4 is 10.3 Å². The Balaban J connectivity index is 1.93. The van der Waals surface area contributed by atoms with Crippen molar-refractivity contribution in [2.75, 3.05) is 40.8 Å². The Kier molecular flexibility index (Phi) is 4.13. The van der Waals surface area contributed by atoms with Crippen LogP contribution in [0.2, 0.25) is 0 Å². The highest BCUT2D eigenvalue weighted by Crippen LogP contribution is 2.16. The summed E-state index contributed by atoms with van der Waals surface area (Å²) in [6, 6.07) is 5.72. The van der Waals surface area contributed by atoms with Gasteiger partial charge in [0.15, 0.2) is 0 Å². The monoisotopic (exact) mass is 302 g/mol. The lowest BCUT2D eigenvalue weighted by atomic mass is 10.2. The molecule has 1 aromatic carbocycles. The maximum Gasteiger partial charge on any atom is 0.261 e. The summed E-state index contributed by atoms with van der Waals surface area (Å²) in [5.41, 5.74) is 0.696. The van der Waals surface area contributed by atoms with E-state index in [0.29, 0.717) is 29.2 Å². The molecule has 2 aromatic rings. The summed E-state index contributed by atoms with van der Waals surface area (Å²) in [5, 5.41) is 0.605. The largest absolute Gasteiger partial charge is 0.497 e. The van der Waals surface area contributed by atoms with Crippen molar-refractivity contribution in [3.8, 4) is 5.75 Å². The Morgan fingerprint density at radius 1 is 1.32 bits per heavy atom. The Morgan fingerprint density at radius 3 is 2.91 bits per heavy atom. The molecule has 1 aliphatic heterocycles. The molecule has 3 rings (SSSR count). The molecule has 118 valence electrons. The van der Waals surface area contributed by atoms with Gasteiger partial charge in [-0.2, -0.15) is 0 Å². The molecule has 0 amide bonds. The number of ether oxygens (including phenoxy) is 1. The maximum absolute atomic E-state index is 12.7. The van der Waals surface area contributed by atoms with Gasteiger partial charge in [0.2, 0.25) is 0 Å². The number of likely N-dealkylation sites (N-methyl/N-ethyl adjacent to an activating group) is 2. The van der Waals surface area contributed by atoms with Crippen LogP contribution in [0.25, 0.3) is 10.9 Å². The molecule has 0 bridgehead atoms. The van der Waals surface area contributed by atoms with Gasteiger partial charge >= 0.3 is 0 Å². The minimum absolute atomic E-state index is 0.00877. The van der Waals surface area contributed by atoms with E-state index in [9.17, 15) is 4.79 Å². The van der Waals surface area contributed by atoms with Gasteiger partial charge in [-0.1, -0.05) is 0 Å². The molecule has 0 saturated carbocycles. The van der Waals surface area contributed by atoms with Crippen LogP contribution in [0.5, 0.6) is 5.75 Å². The molecular weight excluding hydrogens is 280 g/mol. The summed E-state index contributed by atoms with van der Waals surface area (Å²) in [4.78, 5) is 21.7. The molecule has 6 nitrogen and oxygen atoms in total. The van der Waals surface area contributed by atoms with Crippen molar-refractivity contribution in [1.29, 1.82) is 0 Å². The normalized spacial score (nSPS) is 20.4. The zero-order valence-electron chi connectivity index (χ0n) is 13.3. The molecule has 0 N–H and O–H groups in total. The minimum Gasteiger partial charge on any atom is -0.497 e. The fourth-order valence-corrected chi connectivity index (χ4v) is 2.92. The van der Waals surface area contributed by atoms with Crippen LogP contribution in [0, 0.1) is 0 Å². The number of benzene rings is 1. The number of rotatable bonds is 3. The predicted molar refractivity (Wildman–Crippen MR) is 86.5 cm³/mol. The Labute approximate surface area is 129 Å². The van der Waals surface area contributed by atoms with Crippen LogP contribution >= 0.6 is 0 Å². The summed E-state index contributed by atoms with van der Waals surface area (Å²) in [5.74, 6) is 0.679. The summed E-state index contributed by atoms with van der Waals surface area (Å²) in [6.07, 6.45) is 1.65. The second-order valence-corrected chi connectivity index (χ2v) is 5.98. The van der Waals surface area contributed by atoms with Gasteiger partial charge in [-0.15, -0.1) is 0 Å². The van der Waals surface area contributed by atoms with Crippen molar-refractivity contribution in [3.63, 3.8) is 0 Å². The number of aromatic nitrogens is 2. The molecule has 0 radical (unpaired) electrons. The molecule has 1 aliphatic rings. The standard InChI is InChI=1S/C16H22N4O2/c1-18-6-7-19(2)12(9-18)10-20-11-17-15-5-4-13(22-3)8-14(15)16(20)21/h4-5,8,11-12H,6-7,9-10H2,1-3H3/t12-/m1/s1. The molecular formula is C16H22N4O2. The summed E-state index contributed by atoms with van der Waals surface area (Å²) < 4.78 is 6.92.